The molecule has 0 fully saturated rings. The van der Waals surface area contributed by atoms with E-state index < -0.39 is 0 Å². The molecule has 3 aromatic rings. The summed E-state index contributed by atoms with van der Waals surface area (Å²) in [6, 6.07) is 18.4. The molecule has 0 bridgehead atoms. The van der Waals surface area contributed by atoms with Gasteiger partial charge in [0.1, 0.15) is 31.3 Å². The molecule has 118 valence electrons. The van der Waals surface area contributed by atoms with Gasteiger partial charge in [0.15, 0.2) is 5.76 Å². The first kappa shape index (κ1) is 15.3. The lowest BCUT2D eigenvalue weighted by Gasteiger charge is -2.08. The molecule has 3 nitrogen and oxygen atoms in total. The van der Waals surface area contributed by atoms with Crippen molar-refractivity contribution in [1.82, 2.24) is 0 Å². The van der Waals surface area contributed by atoms with Gasteiger partial charge in [-0.1, -0.05) is 30.3 Å². The third kappa shape index (κ3) is 4.44. The van der Waals surface area contributed by atoms with Crippen LogP contribution >= 0.6 is 0 Å². The maximum atomic E-state index is 13.6. The van der Waals surface area contributed by atoms with Crippen LogP contribution in [0, 0.1) is 5.82 Å². The Morgan fingerprint density at radius 1 is 0.957 bits per heavy atom. The highest BCUT2D eigenvalue weighted by Gasteiger charge is 2.04. The number of hydrogen-bond donors (Lipinski definition) is 1. The van der Waals surface area contributed by atoms with Gasteiger partial charge >= 0.3 is 0 Å². The van der Waals surface area contributed by atoms with E-state index in [-0.39, 0.29) is 12.4 Å². The minimum Gasteiger partial charge on any atom is -0.489 e. The van der Waals surface area contributed by atoms with E-state index in [1.807, 2.05) is 36.4 Å². The summed E-state index contributed by atoms with van der Waals surface area (Å²) in [6.45, 7) is 1.86. The third-order valence-electron chi connectivity index (χ3n) is 3.56. The van der Waals surface area contributed by atoms with Crippen molar-refractivity contribution in [2.45, 2.75) is 19.7 Å². The summed E-state index contributed by atoms with van der Waals surface area (Å²) in [5, 5.41) is 2.16. The van der Waals surface area contributed by atoms with Crippen LogP contribution in [0.2, 0.25) is 0 Å². The number of nitrogens with two attached hydrogens (primary N) is 1. The molecule has 0 aliphatic rings. The SMILES string of the molecule is Fc1ccccc1COc1cccc(C[NH2+]Cc2ccco2)c1. The maximum Gasteiger partial charge on any atom is 0.157 e. The van der Waals surface area contributed by atoms with Gasteiger partial charge in [-0.25, -0.2) is 4.39 Å². The molecule has 1 heterocycles. The minimum atomic E-state index is -0.240. The summed E-state index contributed by atoms with van der Waals surface area (Å²) in [6.07, 6.45) is 1.68. The van der Waals surface area contributed by atoms with Crippen LogP contribution in [0.3, 0.4) is 0 Å². The van der Waals surface area contributed by atoms with E-state index in [1.54, 1.807) is 18.4 Å². The Morgan fingerprint density at radius 3 is 2.70 bits per heavy atom. The lowest BCUT2D eigenvalue weighted by Crippen LogP contribution is -2.80. The van der Waals surface area contributed by atoms with E-state index in [0.29, 0.717) is 5.56 Å². The first-order valence-corrected chi connectivity index (χ1v) is 7.60. The summed E-state index contributed by atoms with van der Waals surface area (Å²) in [4.78, 5) is 0. The van der Waals surface area contributed by atoms with Gasteiger partial charge < -0.3 is 14.5 Å². The molecule has 0 aliphatic heterocycles. The van der Waals surface area contributed by atoms with Crippen molar-refractivity contribution in [2.75, 3.05) is 0 Å². The molecule has 4 heteroatoms. The Balaban J connectivity index is 1.53. The summed E-state index contributed by atoms with van der Waals surface area (Å²) in [5.41, 5.74) is 1.71. The fourth-order valence-corrected chi connectivity index (χ4v) is 2.35. The zero-order valence-corrected chi connectivity index (χ0v) is 12.7. The second-order valence-corrected chi connectivity index (χ2v) is 5.30. The highest BCUT2D eigenvalue weighted by atomic mass is 19.1. The largest absolute Gasteiger partial charge is 0.489 e. The number of furan rings is 1. The Kier molecular flexibility index (Phi) is 5.06. The van der Waals surface area contributed by atoms with Gasteiger partial charge in [-0.05, 0) is 30.3 Å². The fourth-order valence-electron chi connectivity index (χ4n) is 2.35. The lowest BCUT2D eigenvalue weighted by molar-refractivity contribution is -0.688. The highest BCUT2D eigenvalue weighted by molar-refractivity contribution is 5.28. The number of rotatable bonds is 7. The Morgan fingerprint density at radius 2 is 1.87 bits per heavy atom. The van der Waals surface area contributed by atoms with Crippen molar-refractivity contribution >= 4 is 0 Å². The molecule has 0 atom stereocenters. The lowest BCUT2D eigenvalue weighted by atomic mass is 10.2. The molecule has 0 radical (unpaired) electrons. The van der Waals surface area contributed by atoms with Crippen LogP contribution in [0.4, 0.5) is 4.39 Å². The smallest absolute Gasteiger partial charge is 0.157 e. The zero-order chi connectivity index (χ0) is 15.9. The fraction of sp³-hybridized carbons (Fsp3) is 0.158. The monoisotopic (exact) mass is 312 g/mol. The molecular formula is C19H19FNO2+. The van der Waals surface area contributed by atoms with Crippen LogP contribution < -0.4 is 10.1 Å². The van der Waals surface area contributed by atoms with Crippen molar-refractivity contribution < 1.29 is 18.9 Å². The van der Waals surface area contributed by atoms with Gasteiger partial charge in [0.25, 0.3) is 0 Å². The summed E-state index contributed by atoms with van der Waals surface area (Å²) in [7, 11) is 0. The second kappa shape index (κ2) is 7.61. The maximum absolute atomic E-state index is 13.6. The molecule has 0 aliphatic carbocycles. The normalized spacial score (nSPS) is 10.7. The van der Waals surface area contributed by atoms with Crippen molar-refractivity contribution in [3.05, 3.63) is 89.6 Å². The third-order valence-corrected chi connectivity index (χ3v) is 3.56. The molecule has 2 N–H and O–H groups in total. The molecule has 2 aromatic carbocycles. The van der Waals surface area contributed by atoms with Crippen molar-refractivity contribution in [1.29, 1.82) is 0 Å². The average molecular weight is 312 g/mol. The average Bonchev–Trinajstić information content (AvgIpc) is 3.08. The van der Waals surface area contributed by atoms with Crippen molar-refractivity contribution in [3.63, 3.8) is 0 Å². The highest BCUT2D eigenvalue weighted by Crippen LogP contribution is 2.16. The predicted octanol–water partition coefficient (Wildman–Crippen LogP) is 3.26. The van der Waals surface area contributed by atoms with E-state index >= 15 is 0 Å². The molecule has 3 rings (SSSR count). The Labute approximate surface area is 134 Å². The van der Waals surface area contributed by atoms with E-state index in [9.17, 15) is 4.39 Å². The van der Waals surface area contributed by atoms with Crippen molar-refractivity contribution in [2.24, 2.45) is 0 Å². The standard InChI is InChI=1S/C19H18FNO2/c20-19-9-2-1-6-16(19)14-23-17-7-3-5-15(11-17)12-21-13-18-8-4-10-22-18/h1-11,21H,12-14H2/p+1. The predicted molar refractivity (Wildman–Crippen MR) is 85.2 cm³/mol. The topological polar surface area (TPSA) is 39.0 Å². The molecule has 0 saturated carbocycles. The summed E-state index contributed by atoms with van der Waals surface area (Å²) < 4.78 is 24.6. The summed E-state index contributed by atoms with van der Waals surface area (Å²) >= 11 is 0. The van der Waals surface area contributed by atoms with Gasteiger partial charge in [0, 0.05) is 11.1 Å². The van der Waals surface area contributed by atoms with Crippen LogP contribution in [0.5, 0.6) is 5.75 Å². The molecule has 0 spiro atoms. The first-order chi connectivity index (χ1) is 11.3. The number of halogens is 1. The minimum absolute atomic E-state index is 0.228. The number of hydrogen-bond acceptors (Lipinski definition) is 2. The van der Waals surface area contributed by atoms with Crippen LogP contribution in [-0.4, -0.2) is 0 Å². The summed E-state index contributed by atoms with van der Waals surface area (Å²) in [5.74, 6) is 1.46. The van der Waals surface area contributed by atoms with E-state index in [4.69, 9.17) is 9.15 Å². The zero-order valence-electron chi connectivity index (χ0n) is 12.7. The number of ether oxygens (including phenoxy) is 1. The van der Waals surface area contributed by atoms with Gasteiger partial charge in [-0.3, -0.25) is 0 Å². The van der Waals surface area contributed by atoms with Crippen LogP contribution in [0.25, 0.3) is 0 Å². The molecule has 23 heavy (non-hydrogen) atoms. The first-order valence-electron chi connectivity index (χ1n) is 7.60. The van der Waals surface area contributed by atoms with Crippen molar-refractivity contribution in [3.8, 4) is 5.75 Å². The van der Waals surface area contributed by atoms with E-state index in [2.05, 4.69) is 11.4 Å². The van der Waals surface area contributed by atoms with Gasteiger partial charge in [0.2, 0.25) is 0 Å². The van der Waals surface area contributed by atoms with Gasteiger partial charge in [-0.15, -0.1) is 0 Å². The molecule has 0 unspecified atom stereocenters. The number of quaternary nitrogens is 1. The van der Waals surface area contributed by atoms with Crippen LogP contribution in [-0.2, 0) is 19.7 Å². The van der Waals surface area contributed by atoms with Crippen LogP contribution in [0.1, 0.15) is 16.9 Å². The van der Waals surface area contributed by atoms with Crippen LogP contribution in [0.15, 0.2) is 71.3 Å². The molecule has 0 amide bonds. The Hall–Kier alpha value is -2.59. The number of benzene rings is 2. The van der Waals surface area contributed by atoms with E-state index in [1.165, 1.54) is 6.07 Å². The second-order valence-electron chi connectivity index (χ2n) is 5.30. The quantitative estimate of drug-likeness (QED) is 0.727. The van der Waals surface area contributed by atoms with Gasteiger partial charge in [-0.2, -0.15) is 0 Å². The Bertz CT molecular complexity index is 741. The molecule has 1 aromatic heterocycles. The molecular weight excluding hydrogens is 293 g/mol. The van der Waals surface area contributed by atoms with Gasteiger partial charge in [0.05, 0.1) is 6.26 Å². The van der Waals surface area contributed by atoms with E-state index in [0.717, 1.165) is 30.2 Å². The molecule has 0 saturated heterocycles.